The van der Waals surface area contributed by atoms with Crippen molar-refractivity contribution in [2.75, 3.05) is 18.1 Å². The quantitative estimate of drug-likeness (QED) is 0.557. The van der Waals surface area contributed by atoms with E-state index in [1.54, 1.807) is 0 Å². The second-order valence-electron chi connectivity index (χ2n) is 5.21. The van der Waals surface area contributed by atoms with E-state index in [9.17, 15) is 4.79 Å². The van der Waals surface area contributed by atoms with Crippen molar-refractivity contribution in [3.05, 3.63) is 23.3 Å². The molecule has 0 spiro atoms. The van der Waals surface area contributed by atoms with Crippen LogP contribution in [0.15, 0.2) is 12.1 Å². The van der Waals surface area contributed by atoms with Crippen LogP contribution in [0.3, 0.4) is 0 Å². The summed E-state index contributed by atoms with van der Waals surface area (Å²) in [4.78, 5) is 13.5. The first-order valence-corrected chi connectivity index (χ1v) is 7.58. The van der Waals surface area contributed by atoms with Crippen molar-refractivity contribution < 1.29 is 9.53 Å². The molecule has 0 atom stereocenters. The Kier molecular flexibility index (Phi) is 6.69. The largest absolute Gasteiger partial charge is 0.494 e. The van der Waals surface area contributed by atoms with Crippen molar-refractivity contribution >= 4 is 17.7 Å². The molecule has 6 heteroatoms. The minimum Gasteiger partial charge on any atom is -0.494 e. The molecule has 0 aliphatic rings. The zero-order valence-electron chi connectivity index (χ0n) is 13.8. The van der Waals surface area contributed by atoms with Crippen molar-refractivity contribution in [1.82, 2.24) is 5.32 Å². The molecule has 0 aliphatic carbocycles. The average Bonchev–Trinajstić information content (AvgIpc) is 2.45. The lowest BCUT2D eigenvalue weighted by Crippen LogP contribution is -2.48. The number of hydrogen-bond acceptors (Lipinski definition) is 3. The molecule has 1 aromatic carbocycles. The van der Waals surface area contributed by atoms with Crippen LogP contribution in [0.4, 0.5) is 10.5 Å². The summed E-state index contributed by atoms with van der Waals surface area (Å²) in [5, 5.41) is 10.5. The maximum Gasteiger partial charge on any atom is 0.328 e. The molecule has 0 unspecified atom stereocenters. The Bertz CT molecular complexity index is 520. The van der Waals surface area contributed by atoms with Crippen LogP contribution in [-0.4, -0.2) is 25.1 Å². The minimum absolute atomic E-state index is 0.304. The molecule has 6 nitrogen and oxygen atoms in total. The first kappa shape index (κ1) is 17.8. The number of amides is 2. The highest BCUT2D eigenvalue weighted by molar-refractivity contribution is 6.14. The maximum atomic E-state index is 12.3. The molecule has 0 aliphatic heterocycles. The van der Waals surface area contributed by atoms with Crippen LogP contribution >= 0.6 is 0 Å². The van der Waals surface area contributed by atoms with E-state index in [0.29, 0.717) is 18.8 Å². The number of carbonyl (C=O) groups excluding carboxylic acids is 1. The van der Waals surface area contributed by atoms with Gasteiger partial charge in [-0.1, -0.05) is 13.8 Å². The van der Waals surface area contributed by atoms with Crippen LogP contribution in [0.5, 0.6) is 5.75 Å². The predicted octanol–water partition coefficient (Wildman–Crippen LogP) is 2.91. The first-order chi connectivity index (χ1) is 10.4. The molecule has 4 N–H and O–H groups in total. The summed E-state index contributed by atoms with van der Waals surface area (Å²) in [5.74, 6) is 0.458. The molecule has 0 radical (unpaired) electrons. The Morgan fingerprint density at radius 2 is 1.86 bits per heavy atom. The van der Waals surface area contributed by atoms with Crippen LogP contribution in [0.1, 0.15) is 37.8 Å². The Morgan fingerprint density at radius 1 is 1.27 bits per heavy atom. The smallest absolute Gasteiger partial charge is 0.328 e. The predicted molar refractivity (Wildman–Crippen MR) is 89.8 cm³/mol. The molecule has 0 saturated heterocycles. The lowest BCUT2D eigenvalue weighted by atomic mass is 10.1. The van der Waals surface area contributed by atoms with Crippen molar-refractivity contribution in [1.29, 1.82) is 5.41 Å². The van der Waals surface area contributed by atoms with Crippen LogP contribution in [-0.2, 0) is 0 Å². The van der Waals surface area contributed by atoms with Gasteiger partial charge in [-0.25, -0.2) is 9.69 Å². The molecule has 0 bridgehead atoms. The minimum atomic E-state index is -0.386. The normalized spacial score (nSPS) is 10.2. The summed E-state index contributed by atoms with van der Waals surface area (Å²) in [7, 11) is 0. The number of benzene rings is 1. The van der Waals surface area contributed by atoms with Crippen LogP contribution < -0.4 is 20.7 Å². The number of nitrogens with one attached hydrogen (secondary N) is 2. The van der Waals surface area contributed by atoms with Gasteiger partial charge in [0.05, 0.1) is 12.3 Å². The number of ether oxygens (including phenoxy) is 1. The number of rotatable bonds is 6. The highest BCUT2D eigenvalue weighted by Crippen LogP contribution is 2.29. The molecule has 22 heavy (non-hydrogen) atoms. The first-order valence-electron chi connectivity index (χ1n) is 7.58. The van der Waals surface area contributed by atoms with Gasteiger partial charge in [0, 0.05) is 6.54 Å². The Hall–Kier alpha value is -2.24. The van der Waals surface area contributed by atoms with Crippen molar-refractivity contribution in [3.8, 4) is 5.75 Å². The summed E-state index contributed by atoms with van der Waals surface area (Å²) in [5.41, 5.74) is 7.93. The van der Waals surface area contributed by atoms with Crippen LogP contribution in [0, 0.1) is 19.3 Å². The molecule has 2 amide bonds. The van der Waals surface area contributed by atoms with E-state index in [1.807, 2.05) is 39.8 Å². The lowest BCUT2D eigenvalue weighted by molar-refractivity contribution is 0.249. The highest BCUT2D eigenvalue weighted by atomic mass is 16.5. The number of nitrogens with two attached hydrogens (primary N) is 1. The van der Waals surface area contributed by atoms with Gasteiger partial charge in [0.2, 0.25) is 5.96 Å². The third-order valence-corrected chi connectivity index (χ3v) is 3.13. The SMILES string of the molecule is CCCNC(=O)N(C(=N)N)c1c(C)cc(OCCC)cc1C. The molecular formula is C16H26N4O2. The number of aryl methyl sites for hydroxylation is 2. The van der Waals surface area contributed by atoms with E-state index in [-0.39, 0.29) is 12.0 Å². The second-order valence-corrected chi connectivity index (χ2v) is 5.21. The van der Waals surface area contributed by atoms with Gasteiger partial charge in [-0.05, 0) is 49.9 Å². The van der Waals surface area contributed by atoms with E-state index in [1.165, 1.54) is 4.90 Å². The zero-order valence-corrected chi connectivity index (χ0v) is 13.8. The van der Waals surface area contributed by atoms with Gasteiger partial charge in [0.15, 0.2) is 0 Å². The average molecular weight is 306 g/mol. The van der Waals surface area contributed by atoms with Crippen LogP contribution in [0.25, 0.3) is 0 Å². The van der Waals surface area contributed by atoms with Crippen molar-refractivity contribution in [3.63, 3.8) is 0 Å². The fourth-order valence-corrected chi connectivity index (χ4v) is 2.21. The topological polar surface area (TPSA) is 91.4 Å². The molecule has 122 valence electrons. The molecule has 0 saturated carbocycles. The third-order valence-electron chi connectivity index (χ3n) is 3.13. The molecule has 1 rings (SSSR count). The van der Waals surface area contributed by atoms with E-state index in [2.05, 4.69) is 5.32 Å². The van der Waals surface area contributed by atoms with E-state index >= 15 is 0 Å². The van der Waals surface area contributed by atoms with Gasteiger partial charge in [-0.2, -0.15) is 0 Å². The fraction of sp³-hybridized carbons (Fsp3) is 0.500. The summed E-state index contributed by atoms with van der Waals surface area (Å²) in [6.07, 6.45) is 1.75. The van der Waals surface area contributed by atoms with Crippen LogP contribution in [0.2, 0.25) is 0 Å². The maximum absolute atomic E-state index is 12.3. The van der Waals surface area contributed by atoms with Gasteiger partial charge in [-0.15, -0.1) is 0 Å². The summed E-state index contributed by atoms with van der Waals surface area (Å²) in [6.45, 7) is 8.96. The lowest BCUT2D eigenvalue weighted by Gasteiger charge is -2.25. The summed E-state index contributed by atoms with van der Waals surface area (Å²) < 4.78 is 5.63. The monoisotopic (exact) mass is 306 g/mol. The molecule has 0 aromatic heterocycles. The fourth-order valence-electron chi connectivity index (χ4n) is 2.21. The summed E-state index contributed by atoms with van der Waals surface area (Å²) >= 11 is 0. The number of carbonyl (C=O) groups is 1. The second kappa shape index (κ2) is 8.26. The number of guanidine groups is 1. The Labute approximate surface area is 132 Å². The molecule has 1 aromatic rings. The van der Waals surface area contributed by atoms with E-state index < -0.39 is 0 Å². The van der Waals surface area contributed by atoms with Gasteiger partial charge < -0.3 is 15.8 Å². The Morgan fingerprint density at radius 3 is 2.32 bits per heavy atom. The molecular weight excluding hydrogens is 280 g/mol. The number of nitrogens with zero attached hydrogens (tertiary/aromatic N) is 1. The standard InChI is InChI=1S/C16H26N4O2/c1-5-7-19-16(21)20(15(17)18)14-11(3)9-13(10-12(14)4)22-8-6-2/h9-10H,5-8H2,1-4H3,(H3,17,18)(H,19,21). The van der Waals surface area contributed by atoms with Gasteiger partial charge >= 0.3 is 6.03 Å². The molecule has 0 fully saturated rings. The number of anilines is 1. The number of hydrogen-bond donors (Lipinski definition) is 3. The van der Waals surface area contributed by atoms with E-state index in [0.717, 1.165) is 29.7 Å². The molecule has 0 heterocycles. The summed E-state index contributed by atoms with van der Waals surface area (Å²) in [6, 6.07) is 3.34. The van der Waals surface area contributed by atoms with Crippen molar-refractivity contribution in [2.45, 2.75) is 40.5 Å². The van der Waals surface area contributed by atoms with E-state index in [4.69, 9.17) is 15.9 Å². The van der Waals surface area contributed by atoms with Crippen molar-refractivity contribution in [2.24, 2.45) is 5.73 Å². The Balaban J connectivity index is 3.15. The third kappa shape index (κ3) is 4.38. The van der Waals surface area contributed by atoms with Gasteiger partial charge in [-0.3, -0.25) is 5.41 Å². The zero-order chi connectivity index (χ0) is 16.7. The van der Waals surface area contributed by atoms with Gasteiger partial charge in [0.25, 0.3) is 0 Å². The number of urea groups is 1. The van der Waals surface area contributed by atoms with Gasteiger partial charge in [0.1, 0.15) is 5.75 Å². The highest BCUT2D eigenvalue weighted by Gasteiger charge is 2.22.